The molecular formula is C16H22FN3. The Kier molecular flexibility index (Phi) is 4.12. The van der Waals surface area contributed by atoms with E-state index >= 15 is 0 Å². The van der Waals surface area contributed by atoms with E-state index in [1.165, 1.54) is 12.1 Å². The maximum absolute atomic E-state index is 13.5. The Morgan fingerprint density at radius 1 is 1.35 bits per heavy atom. The van der Waals surface area contributed by atoms with Gasteiger partial charge in [0.1, 0.15) is 23.2 Å². The molecule has 0 aliphatic carbocycles. The molecule has 0 saturated carbocycles. The third-order valence-corrected chi connectivity index (χ3v) is 3.45. The summed E-state index contributed by atoms with van der Waals surface area (Å²) in [6, 6.07) is 4.73. The van der Waals surface area contributed by atoms with Gasteiger partial charge in [0, 0.05) is 18.0 Å². The van der Waals surface area contributed by atoms with Gasteiger partial charge in [-0.25, -0.2) is 9.37 Å². The summed E-state index contributed by atoms with van der Waals surface area (Å²) in [5, 5.41) is 0. The van der Waals surface area contributed by atoms with Gasteiger partial charge in [0.15, 0.2) is 0 Å². The minimum atomic E-state index is -0.263. The number of benzene rings is 1. The fraction of sp³-hybridized carbons (Fsp3) is 0.438. The molecule has 1 aromatic carbocycles. The monoisotopic (exact) mass is 275 g/mol. The number of aromatic nitrogens is 2. The van der Waals surface area contributed by atoms with Gasteiger partial charge in [0.25, 0.3) is 0 Å². The lowest BCUT2D eigenvalue weighted by Crippen LogP contribution is -2.08. The van der Waals surface area contributed by atoms with Gasteiger partial charge < -0.3 is 10.3 Å². The van der Waals surface area contributed by atoms with Crippen LogP contribution in [0.5, 0.6) is 0 Å². The molecule has 2 rings (SSSR count). The lowest BCUT2D eigenvalue weighted by molar-refractivity contribution is 0.616. The van der Waals surface area contributed by atoms with Crippen molar-refractivity contribution >= 4 is 5.82 Å². The zero-order chi connectivity index (χ0) is 14.9. The second-order valence-electron chi connectivity index (χ2n) is 5.47. The molecular weight excluding hydrogens is 253 g/mol. The van der Waals surface area contributed by atoms with E-state index in [2.05, 4.69) is 25.8 Å². The summed E-state index contributed by atoms with van der Waals surface area (Å²) in [7, 11) is 0. The highest BCUT2D eigenvalue weighted by atomic mass is 19.1. The van der Waals surface area contributed by atoms with Crippen molar-refractivity contribution in [2.24, 2.45) is 0 Å². The highest BCUT2D eigenvalue weighted by molar-refractivity contribution is 5.73. The second-order valence-corrected chi connectivity index (χ2v) is 5.47. The van der Waals surface area contributed by atoms with E-state index in [1.807, 2.05) is 11.5 Å². The summed E-state index contributed by atoms with van der Waals surface area (Å²) >= 11 is 0. The predicted octanol–water partition coefficient (Wildman–Crippen LogP) is 4.11. The minimum Gasteiger partial charge on any atom is -0.383 e. The number of rotatable bonds is 4. The molecule has 0 aliphatic heterocycles. The summed E-state index contributed by atoms with van der Waals surface area (Å²) in [4.78, 5) is 4.67. The number of hydrogen-bond acceptors (Lipinski definition) is 2. The Labute approximate surface area is 119 Å². The van der Waals surface area contributed by atoms with Crippen LogP contribution in [0.3, 0.4) is 0 Å². The Hall–Kier alpha value is -1.84. The summed E-state index contributed by atoms with van der Waals surface area (Å²) < 4.78 is 15.5. The molecule has 0 aliphatic rings. The molecule has 4 heteroatoms. The Balaban J connectivity index is 2.63. The third-order valence-electron chi connectivity index (χ3n) is 3.45. The topological polar surface area (TPSA) is 43.8 Å². The molecule has 1 aromatic heterocycles. The van der Waals surface area contributed by atoms with Crippen molar-refractivity contribution in [2.45, 2.75) is 46.6 Å². The number of nitrogen functional groups attached to an aromatic ring is 1. The smallest absolute Gasteiger partial charge is 0.131 e. The van der Waals surface area contributed by atoms with Gasteiger partial charge in [0.05, 0.1) is 0 Å². The maximum Gasteiger partial charge on any atom is 0.131 e. The van der Waals surface area contributed by atoms with E-state index in [1.54, 1.807) is 6.07 Å². The first kappa shape index (κ1) is 14.6. The molecule has 0 atom stereocenters. The van der Waals surface area contributed by atoms with E-state index in [0.717, 1.165) is 29.9 Å². The number of nitrogens with zero attached hydrogens (tertiary/aromatic N) is 2. The molecule has 0 radical (unpaired) electrons. The molecule has 0 bridgehead atoms. The maximum atomic E-state index is 13.5. The number of halogens is 1. The normalized spacial score (nSPS) is 11.3. The Bertz CT molecular complexity index is 614. The molecule has 2 aromatic rings. The van der Waals surface area contributed by atoms with Crippen molar-refractivity contribution in [1.82, 2.24) is 9.55 Å². The molecule has 0 unspecified atom stereocenters. The first-order chi connectivity index (χ1) is 9.45. The van der Waals surface area contributed by atoms with Crippen molar-refractivity contribution < 1.29 is 4.39 Å². The predicted molar refractivity (Wildman–Crippen MR) is 81.2 cm³/mol. The van der Waals surface area contributed by atoms with Gasteiger partial charge >= 0.3 is 0 Å². The lowest BCUT2D eigenvalue weighted by atomic mass is 10.1. The molecule has 0 saturated heterocycles. The van der Waals surface area contributed by atoms with Crippen LogP contribution in [-0.2, 0) is 6.54 Å². The molecule has 2 N–H and O–H groups in total. The number of nitrogens with two attached hydrogens (primary N) is 1. The lowest BCUT2D eigenvalue weighted by Gasteiger charge is -2.10. The first-order valence-electron chi connectivity index (χ1n) is 7.08. The van der Waals surface area contributed by atoms with Gasteiger partial charge in [-0.2, -0.15) is 0 Å². The van der Waals surface area contributed by atoms with E-state index in [-0.39, 0.29) is 11.7 Å². The second kappa shape index (κ2) is 5.65. The average Bonchev–Trinajstić information content (AvgIpc) is 2.71. The van der Waals surface area contributed by atoms with Gasteiger partial charge in [-0.05, 0) is 31.0 Å². The molecule has 108 valence electrons. The largest absolute Gasteiger partial charge is 0.383 e. The summed E-state index contributed by atoms with van der Waals surface area (Å²) in [6.45, 7) is 9.08. The number of hydrogen-bond donors (Lipinski definition) is 1. The SMILES string of the molecule is CCCn1c(C(C)C)nc(-c2cc(F)ccc2C)c1N. The fourth-order valence-corrected chi connectivity index (χ4v) is 2.43. The van der Waals surface area contributed by atoms with Crippen molar-refractivity contribution in [2.75, 3.05) is 5.73 Å². The fourth-order valence-electron chi connectivity index (χ4n) is 2.43. The quantitative estimate of drug-likeness (QED) is 0.912. The van der Waals surface area contributed by atoms with Crippen LogP contribution in [0.25, 0.3) is 11.3 Å². The highest BCUT2D eigenvalue weighted by Gasteiger charge is 2.19. The zero-order valence-electron chi connectivity index (χ0n) is 12.6. The molecule has 0 amide bonds. The van der Waals surface area contributed by atoms with Crippen LogP contribution < -0.4 is 5.73 Å². The summed E-state index contributed by atoms with van der Waals surface area (Å²) in [6.07, 6.45) is 0.988. The van der Waals surface area contributed by atoms with Crippen molar-refractivity contribution in [3.05, 3.63) is 35.4 Å². The molecule has 0 fully saturated rings. The van der Waals surface area contributed by atoms with Crippen molar-refractivity contribution in [3.8, 4) is 11.3 Å². The standard InChI is InChI=1S/C16H22FN3/c1-5-8-20-15(18)14(19-16(20)10(2)3)13-9-12(17)7-6-11(13)4/h6-7,9-10H,5,8,18H2,1-4H3. The van der Waals surface area contributed by atoms with E-state index < -0.39 is 0 Å². The van der Waals surface area contributed by atoms with Crippen LogP contribution in [0, 0.1) is 12.7 Å². The summed E-state index contributed by atoms with van der Waals surface area (Å²) in [5.41, 5.74) is 8.71. The van der Waals surface area contributed by atoms with Gasteiger partial charge in [0.2, 0.25) is 0 Å². The zero-order valence-corrected chi connectivity index (χ0v) is 12.6. The van der Waals surface area contributed by atoms with Crippen LogP contribution in [0.4, 0.5) is 10.2 Å². The molecule has 20 heavy (non-hydrogen) atoms. The minimum absolute atomic E-state index is 0.263. The Morgan fingerprint density at radius 2 is 2.05 bits per heavy atom. The third kappa shape index (κ3) is 2.55. The van der Waals surface area contributed by atoms with Crippen molar-refractivity contribution in [1.29, 1.82) is 0 Å². The summed E-state index contributed by atoms with van der Waals surface area (Å²) in [5.74, 6) is 1.61. The van der Waals surface area contributed by atoms with Crippen LogP contribution in [0.1, 0.15) is 44.5 Å². The number of aryl methyl sites for hydroxylation is 1. The molecule has 1 heterocycles. The number of anilines is 1. The van der Waals surface area contributed by atoms with Gasteiger partial charge in [-0.1, -0.05) is 26.8 Å². The van der Waals surface area contributed by atoms with E-state index in [9.17, 15) is 4.39 Å². The van der Waals surface area contributed by atoms with Crippen molar-refractivity contribution in [3.63, 3.8) is 0 Å². The first-order valence-corrected chi connectivity index (χ1v) is 7.08. The van der Waals surface area contributed by atoms with Gasteiger partial charge in [-0.3, -0.25) is 0 Å². The highest BCUT2D eigenvalue weighted by Crippen LogP contribution is 2.32. The molecule has 3 nitrogen and oxygen atoms in total. The van der Waals surface area contributed by atoms with Crippen LogP contribution in [0.2, 0.25) is 0 Å². The Morgan fingerprint density at radius 3 is 2.65 bits per heavy atom. The van der Waals surface area contributed by atoms with Crippen LogP contribution in [-0.4, -0.2) is 9.55 Å². The van der Waals surface area contributed by atoms with E-state index in [4.69, 9.17) is 5.73 Å². The van der Waals surface area contributed by atoms with Gasteiger partial charge in [-0.15, -0.1) is 0 Å². The van der Waals surface area contributed by atoms with Crippen LogP contribution in [0.15, 0.2) is 18.2 Å². The average molecular weight is 275 g/mol. The molecule has 0 spiro atoms. The number of imidazole rings is 1. The van der Waals surface area contributed by atoms with E-state index in [0.29, 0.717) is 11.5 Å². The van der Waals surface area contributed by atoms with Crippen LogP contribution >= 0.6 is 0 Å².